The minimum absolute atomic E-state index is 0.0975. The first-order valence-electron chi connectivity index (χ1n) is 6.65. The number of hydrogen-bond donors (Lipinski definition) is 1. The monoisotopic (exact) mass is 329 g/mol. The van der Waals surface area contributed by atoms with E-state index in [0.717, 1.165) is 13.1 Å². The summed E-state index contributed by atoms with van der Waals surface area (Å²) in [6.45, 7) is 3.02. The van der Waals surface area contributed by atoms with Gasteiger partial charge in [0.15, 0.2) is 4.84 Å². The molecule has 2 amide bonds. The Labute approximate surface area is 133 Å². The largest absolute Gasteiger partial charge is 0.336 e. The lowest BCUT2D eigenvalue weighted by Gasteiger charge is -2.32. The molecule has 0 bridgehead atoms. The van der Waals surface area contributed by atoms with E-state index in [0.29, 0.717) is 24.3 Å². The van der Waals surface area contributed by atoms with Gasteiger partial charge in [0.2, 0.25) is 0 Å². The van der Waals surface area contributed by atoms with Crippen LogP contribution in [-0.2, 0) is 4.79 Å². The summed E-state index contributed by atoms with van der Waals surface area (Å²) in [5.41, 5.74) is 0.877. The van der Waals surface area contributed by atoms with E-state index in [-0.39, 0.29) is 5.91 Å². The maximum atomic E-state index is 12.6. The standard InChI is InChI=1S/C14H17Cl2N3O2/c1-18-6-8-19(9-7-18)14(21)10-4-2-3-5-11(10)17-13(20)12(15)16/h2-5,12H,6-9H2,1H3,(H,17,20). The van der Waals surface area contributed by atoms with Gasteiger partial charge >= 0.3 is 0 Å². The second-order valence-corrected chi connectivity index (χ2v) is 6.03. The molecule has 2 rings (SSSR count). The van der Waals surface area contributed by atoms with Crippen molar-refractivity contribution in [3.05, 3.63) is 29.8 Å². The van der Waals surface area contributed by atoms with Gasteiger partial charge in [-0.05, 0) is 19.2 Å². The second kappa shape index (κ2) is 7.11. The van der Waals surface area contributed by atoms with Gasteiger partial charge in [-0.25, -0.2) is 0 Å². The fourth-order valence-electron chi connectivity index (χ4n) is 2.15. The number of carbonyl (C=O) groups excluding carboxylic acids is 2. The first kappa shape index (κ1) is 16.1. The van der Waals surface area contributed by atoms with Crippen LogP contribution in [0.4, 0.5) is 5.69 Å². The highest BCUT2D eigenvalue weighted by atomic mass is 35.5. The van der Waals surface area contributed by atoms with Gasteiger partial charge in [-0.3, -0.25) is 9.59 Å². The topological polar surface area (TPSA) is 52.6 Å². The zero-order chi connectivity index (χ0) is 15.4. The van der Waals surface area contributed by atoms with Gasteiger partial charge in [0.05, 0.1) is 11.3 Å². The molecular formula is C14H17Cl2N3O2. The first-order valence-corrected chi connectivity index (χ1v) is 7.52. The minimum Gasteiger partial charge on any atom is -0.336 e. The summed E-state index contributed by atoms with van der Waals surface area (Å²) < 4.78 is 0. The molecule has 0 radical (unpaired) electrons. The smallest absolute Gasteiger partial charge is 0.257 e. The van der Waals surface area contributed by atoms with Crippen LogP contribution in [0.5, 0.6) is 0 Å². The predicted molar refractivity (Wildman–Crippen MR) is 84.0 cm³/mol. The number of nitrogens with zero attached hydrogens (tertiary/aromatic N) is 2. The number of piperazine rings is 1. The SMILES string of the molecule is CN1CCN(C(=O)c2ccccc2NC(=O)C(Cl)Cl)CC1. The molecule has 0 saturated carbocycles. The number of rotatable bonds is 3. The zero-order valence-electron chi connectivity index (χ0n) is 11.7. The summed E-state index contributed by atoms with van der Waals surface area (Å²) in [6, 6.07) is 6.86. The van der Waals surface area contributed by atoms with Gasteiger partial charge in [0.1, 0.15) is 0 Å². The maximum absolute atomic E-state index is 12.6. The quantitative estimate of drug-likeness (QED) is 0.860. The molecule has 114 valence electrons. The van der Waals surface area contributed by atoms with Crippen LogP contribution < -0.4 is 5.32 Å². The molecule has 0 aromatic heterocycles. The summed E-state index contributed by atoms with van der Waals surface area (Å²) in [5, 5.41) is 2.58. The van der Waals surface area contributed by atoms with Crippen molar-refractivity contribution in [2.75, 3.05) is 38.5 Å². The van der Waals surface area contributed by atoms with E-state index in [9.17, 15) is 9.59 Å². The molecule has 1 aromatic carbocycles. The molecule has 21 heavy (non-hydrogen) atoms. The van der Waals surface area contributed by atoms with Crippen LogP contribution in [0.25, 0.3) is 0 Å². The molecule has 0 aliphatic carbocycles. The van der Waals surface area contributed by atoms with Gasteiger partial charge < -0.3 is 15.1 Å². The third-order valence-electron chi connectivity index (χ3n) is 3.40. The molecule has 1 aromatic rings. The van der Waals surface area contributed by atoms with Crippen molar-refractivity contribution in [2.24, 2.45) is 0 Å². The highest BCUT2D eigenvalue weighted by Crippen LogP contribution is 2.19. The van der Waals surface area contributed by atoms with E-state index in [4.69, 9.17) is 23.2 Å². The van der Waals surface area contributed by atoms with E-state index in [1.807, 2.05) is 7.05 Å². The number of likely N-dealkylation sites (N-methyl/N-ethyl adjacent to an activating group) is 1. The number of para-hydroxylation sites is 1. The van der Waals surface area contributed by atoms with E-state index in [1.54, 1.807) is 29.2 Å². The first-order chi connectivity index (χ1) is 9.99. The predicted octanol–water partition coefficient (Wildman–Crippen LogP) is 1.82. The van der Waals surface area contributed by atoms with Crippen molar-refractivity contribution >= 4 is 40.7 Å². The van der Waals surface area contributed by atoms with Gasteiger partial charge in [0.25, 0.3) is 11.8 Å². The highest BCUT2D eigenvalue weighted by Gasteiger charge is 2.23. The second-order valence-electron chi connectivity index (χ2n) is 4.93. The summed E-state index contributed by atoms with van der Waals surface area (Å²) in [7, 11) is 2.02. The zero-order valence-corrected chi connectivity index (χ0v) is 13.2. The van der Waals surface area contributed by atoms with E-state index >= 15 is 0 Å². The van der Waals surface area contributed by atoms with Gasteiger partial charge in [-0.2, -0.15) is 0 Å². The van der Waals surface area contributed by atoms with Crippen LogP contribution in [-0.4, -0.2) is 59.7 Å². The Morgan fingerprint density at radius 3 is 2.38 bits per heavy atom. The van der Waals surface area contributed by atoms with Crippen LogP contribution in [0.1, 0.15) is 10.4 Å². The lowest BCUT2D eigenvalue weighted by Crippen LogP contribution is -2.47. The molecule has 1 N–H and O–H groups in total. The molecule has 1 heterocycles. The summed E-state index contributed by atoms with van der Waals surface area (Å²) >= 11 is 11.1. The number of nitrogens with one attached hydrogen (secondary N) is 1. The Morgan fingerprint density at radius 1 is 1.14 bits per heavy atom. The van der Waals surface area contributed by atoms with Crippen LogP contribution in [0.3, 0.4) is 0 Å². The van der Waals surface area contributed by atoms with E-state index < -0.39 is 10.7 Å². The van der Waals surface area contributed by atoms with Crippen LogP contribution in [0, 0.1) is 0 Å². The Morgan fingerprint density at radius 2 is 1.76 bits per heavy atom. The van der Waals surface area contributed by atoms with Crippen molar-refractivity contribution in [1.29, 1.82) is 0 Å². The van der Waals surface area contributed by atoms with Gasteiger partial charge in [0, 0.05) is 26.2 Å². The third-order valence-corrected chi connectivity index (χ3v) is 3.80. The normalized spacial score (nSPS) is 16.1. The number of anilines is 1. The van der Waals surface area contributed by atoms with Crippen LogP contribution in [0.15, 0.2) is 24.3 Å². The Balaban J connectivity index is 2.15. The average Bonchev–Trinajstić information content (AvgIpc) is 2.47. The average molecular weight is 330 g/mol. The van der Waals surface area contributed by atoms with Crippen LogP contribution >= 0.6 is 23.2 Å². The Kier molecular flexibility index (Phi) is 5.45. The molecule has 0 spiro atoms. The Bertz CT molecular complexity index is 529. The number of alkyl halides is 2. The fourth-order valence-corrected chi connectivity index (χ4v) is 2.25. The minimum atomic E-state index is -1.17. The molecular weight excluding hydrogens is 313 g/mol. The lowest BCUT2D eigenvalue weighted by molar-refractivity contribution is -0.114. The lowest BCUT2D eigenvalue weighted by atomic mass is 10.1. The van der Waals surface area contributed by atoms with Crippen molar-refractivity contribution < 1.29 is 9.59 Å². The Hall–Kier alpha value is -1.30. The molecule has 0 atom stereocenters. The number of carbonyl (C=O) groups is 2. The van der Waals surface area contributed by atoms with Gasteiger partial charge in [-0.15, -0.1) is 0 Å². The molecule has 1 saturated heterocycles. The van der Waals surface area contributed by atoms with Crippen molar-refractivity contribution in [1.82, 2.24) is 9.80 Å². The molecule has 7 heteroatoms. The van der Waals surface area contributed by atoms with Crippen molar-refractivity contribution in [3.63, 3.8) is 0 Å². The summed E-state index contributed by atoms with van der Waals surface area (Å²) in [5.74, 6) is -0.642. The van der Waals surface area contributed by atoms with E-state index in [1.165, 1.54) is 0 Å². The van der Waals surface area contributed by atoms with Crippen molar-refractivity contribution in [3.8, 4) is 0 Å². The molecule has 5 nitrogen and oxygen atoms in total. The maximum Gasteiger partial charge on any atom is 0.257 e. The molecule has 0 unspecified atom stereocenters. The number of amides is 2. The fraction of sp³-hybridized carbons (Fsp3) is 0.429. The van der Waals surface area contributed by atoms with Crippen molar-refractivity contribution in [2.45, 2.75) is 4.84 Å². The van der Waals surface area contributed by atoms with Crippen LogP contribution in [0.2, 0.25) is 0 Å². The summed E-state index contributed by atoms with van der Waals surface area (Å²) in [6.07, 6.45) is 0. The number of halogens is 2. The number of benzene rings is 1. The third kappa shape index (κ3) is 4.09. The van der Waals surface area contributed by atoms with Gasteiger partial charge in [-0.1, -0.05) is 35.3 Å². The van der Waals surface area contributed by atoms with E-state index in [2.05, 4.69) is 10.2 Å². The molecule has 1 fully saturated rings. The highest BCUT2D eigenvalue weighted by molar-refractivity contribution is 6.54. The summed E-state index contributed by atoms with van der Waals surface area (Å²) in [4.78, 5) is 27.0. The molecule has 1 aliphatic heterocycles. The number of hydrogen-bond acceptors (Lipinski definition) is 3. The molecule has 1 aliphatic rings.